The molecule has 0 radical (unpaired) electrons. The molecular formula is C15H23IN2. The van der Waals surface area contributed by atoms with Gasteiger partial charge < -0.3 is 0 Å². The fraction of sp³-hybridized carbons (Fsp3) is 0.800. The van der Waals surface area contributed by atoms with Crippen molar-refractivity contribution in [3.63, 3.8) is 0 Å². The Labute approximate surface area is 124 Å². The molecule has 2 nitrogen and oxygen atoms in total. The Hall–Kier alpha value is -0.0600. The molecule has 0 aromatic carbocycles. The molecule has 0 N–H and O–H groups in total. The van der Waals surface area contributed by atoms with E-state index in [2.05, 4.69) is 41.1 Å². The molecule has 2 aliphatic carbocycles. The number of halogens is 1. The second-order valence-corrected chi connectivity index (χ2v) is 7.11. The zero-order valence-corrected chi connectivity index (χ0v) is 13.6. The highest BCUT2D eigenvalue weighted by Gasteiger charge is 2.39. The minimum atomic E-state index is 0.912. The van der Waals surface area contributed by atoms with Gasteiger partial charge in [-0.2, -0.15) is 5.10 Å². The summed E-state index contributed by atoms with van der Waals surface area (Å²) >= 11 is 2.49. The van der Waals surface area contributed by atoms with Gasteiger partial charge in [0, 0.05) is 6.54 Å². The zero-order chi connectivity index (χ0) is 12.7. The van der Waals surface area contributed by atoms with Crippen molar-refractivity contribution in [2.45, 2.75) is 58.9 Å². The molecule has 0 spiro atoms. The quantitative estimate of drug-likeness (QED) is 0.743. The van der Waals surface area contributed by atoms with E-state index >= 15 is 0 Å². The molecule has 0 aliphatic heterocycles. The summed E-state index contributed by atoms with van der Waals surface area (Å²) < 4.78 is 3.76. The van der Waals surface area contributed by atoms with Gasteiger partial charge in [-0.3, -0.25) is 4.68 Å². The molecule has 2 fully saturated rings. The molecule has 3 rings (SSSR count). The summed E-state index contributed by atoms with van der Waals surface area (Å²) in [5, 5.41) is 4.86. The summed E-state index contributed by atoms with van der Waals surface area (Å²) in [6, 6.07) is 0. The molecule has 3 unspecified atom stereocenters. The van der Waals surface area contributed by atoms with E-state index in [9.17, 15) is 0 Å². The Morgan fingerprint density at radius 1 is 1.22 bits per heavy atom. The van der Waals surface area contributed by atoms with Crippen molar-refractivity contribution in [1.82, 2.24) is 9.78 Å². The van der Waals surface area contributed by atoms with Crippen LogP contribution in [0.4, 0.5) is 0 Å². The number of fused-ring (bicyclic) bond motifs is 2. The number of nitrogens with zero attached hydrogens (tertiary/aromatic N) is 2. The molecule has 18 heavy (non-hydrogen) atoms. The monoisotopic (exact) mass is 358 g/mol. The average Bonchev–Trinajstić information content (AvgIpc) is 3.04. The van der Waals surface area contributed by atoms with Crippen LogP contribution >= 0.6 is 22.6 Å². The minimum absolute atomic E-state index is 0.912. The molecule has 1 heterocycles. The summed E-state index contributed by atoms with van der Waals surface area (Å²) in [5.74, 6) is 2.96. The molecule has 0 amide bonds. The van der Waals surface area contributed by atoms with E-state index in [1.165, 1.54) is 47.2 Å². The Bertz CT molecular complexity index is 438. The van der Waals surface area contributed by atoms with Crippen molar-refractivity contribution in [2.24, 2.45) is 17.8 Å². The van der Waals surface area contributed by atoms with E-state index in [1.54, 1.807) is 0 Å². The Balaban J connectivity index is 1.80. The van der Waals surface area contributed by atoms with Gasteiger partial charge in [-0.25, -0.2) is 0 Å². The summed E-state index contributed by atoms with van der Waals surface area (Å²) in [5.41, 5.74) is 2.77. The molecule has 2 aliphatic rings. The molecule has 1 aromatic rings. The maximum absolute atomic E-state index is 4.86. The van der Waals surface area contributed by atoms with Gasteiger partial charge in [-0.1, -0.05) is 20.3 Å². The summed E-state index contributed by atoms with van der Waals surface area (Å²) in [6.45, 7) is 5.65. The zero-order valence-electron chi connectivity index (χ0n) is 11.5. The highest BCUT2D eigenvalue weighted by Crippen LogP contribution is 2.48. The van der Waals surface area contributed by atoms with Crippen molar-refractivity contribution >= 4 is 22.6 Å². The summed E-state index contributed by atoms with van der Waals surface area (Å²) in [4.78, 5) is 0. The van der Waals surface area contributed by atoms with E-state index in [1.807, 2.05) is 0 Å². The van der Waals surface area contributed by atoms with Crippen LogP contribution in [0.15, 0.2) is 0 Å². The van der Waals surface area contributed by atoms with Crippen LogP contribution in [0.5, 0.6) is 0 Å². The lowest BCUT2D eigenvalue weighted by atomic mass is 9.89. The highest BCUT2D eigenvalue weighted by molar-refractivity contribution is 14.1. The SMILES string of the molecule is CCc1nn(CC2CC3CCC2C3)c(CC)c1I. The van der Waals surface area contributed by atoms with Crippen LogP contribution in [-0.4, -0.2) is 9.78 Å². The molecule has 0 saturated heterocycles. The van der Waals surface area contributed by atoms with Crippen LogP contribution in [0.1, 0.15) is 50.9 Å². The third-order valence-corrected chi connectivity index (χ3v) is 6.27. The van der Waals surface area contributed by atoms with Crippen LogP contribution in [0.25, 0.3) is 0 Å². The standard InChI is InChI=1S/C15H23IN2/c1-3-13-15(16)14(4-2)18(17-13)9-12-8-10-5-6-11(12)7-10/h10-12H,3-9H2,1-2H3. The van der Waals surface area contributed by atoms with Crippen LogP contribution in [-0.2, 0) is 19.4 Å². The third kappa shape index (κ3) is 2.12. The number of aryl methyl sites for hydroxylation is 1. The fourth-order valence-corrected chi connectivity index (χ4v) is 5.22. The van der Waals surface area contributed by atoms with Crippen molar-refractivity contribution in [2.75, 3.05) is 0 Å². The maximum atomic E-state index is 4.86. The normalized spacial score (nSPS) is 30.3. The number of aromatic nitrogens is 2. The predicted molar refractivity (Wildman–Crippen MR) is 82.6 cm³/mol. The van der Waals surface area contributed by atoms with Crippen LogP contribution in [0, 0.1) is 21.3 Å². The van der Waals surface area contributed by atoms with Crippen LogP contribution < -0.4 is 0 Å². The lowest BCUT2D eigenvalue weighted by molar-refractivity contribution is 0.282. The van der Waals surface area contributed by atoms with E-state index in [0.29, 0.717) is 0 Å². The van der Waals surface area contributed by atoms with Crippen LogP contribution in [0.2, 0.25) is 0 Å². The predicted octanol–water partition coefficient (Wildman–Crippen LogP) is 4.05. The molecule has 1 aromatic heterocycles. The number of hydrogen-bond acceptors (Lipinski definition) is 1. The highest BCUT2D eigenvalue weighted by atomic mass is 127. The van der Waals surface area contributed by atoms with Crippen molar-refractivity contribution in [1.29, 1.82) is 0 Å². The van der Waals surface area contributed by atoms with E-state index in [4.69, 9.17) is 5.10 Å². The summed E-state index contributed by atoms with van der Waals surface area (Å²) in [7, 11) is 0. The molecule has 3 heteroatoms. The number of rotatable bonds is 4. The topological polar surface area (TPSA) is 17.8 Å². The van der Waals surface area contributed by atoms with E-state index in [0.717, 1.165) is 30.6 Å². The van der Waals surface area contributed by atoms with Gasteiger partial charge in [-0.15, -0.1) is 0 Å². The van der Waals surface area contributed by atoms with Gasteiger partial charge in [0.15, 0.2) is 0 Å². The van der Waals surface area contributed by atoms with Crippen molar-refractivity contribution < 1.29 is 0 Å². The summed E-state index contributed by atoms with van der Waals surface area (Å²) in [6.07, 6.45) is 8.13. The third-order valence-electron chi connectivity index (χ3n) is 5.02. The first kappa shape index (κ1) is 12.9. The van der Waals surface area contributed by atoms with E-state index < -0.39 is 0 Å². The lowest BCUT2D eigenvalue weighted by Gasteiger charge is -2.22. The Kier molecular flexibility index (Phi) is 3.70. The van der Waals surface area contributed by atoms with Gasteiger partial charge in [-0.05, 0) is 72.4 Å². The smallest absolute Gasteiger partial charge is 0.0758 e. The Morgan fingerprint density at radius 3 is 2.61 bits per heavy atom. The molecule has 2 saturated carbocycles. The molecule has 100 valence electrons. The first-order valence-corrected chi connectivity index (χ1v) is 8.54. The van der Waals surface area contributed by atoms with Gasteiger partial charge in [0.25, 0.3) is 0 Å². The second-order valence-electron chi connectivity index (χ2n) is 6.03. The van der Waals surface area contributed by atoms with Gasteiger partial charge in [0.05, 0.1) is 15.0 Å². The maximum Gasteiger partial charge on any atom is 0.0758 e. The van der Waals surface area contributed by atoms with Gasteiger partial charge in [0.1, 0.15) is 0 Å². The molecule has 3 atom stereocenters. The number of hydrogen-bond donors (Lipinski definition) is 0. The van der Waals surface area contributed by atoms with Crippen molar-refractivity contribution in [3.8, 4) is 0 Å². The molecular weight excluding hydrogens is 335 g/mol. The van der Waals surface area contributed by atoms with Crippen molar-refractivity contribution in [3.05, 3.63) is 15.0 Å². The Morgan fingerprint density at radius 2 is 2.06 bits per heavy atom. The fourth-order valence-electron chi connectivity index (χ4n) is 4.07. The first-order chi connectivity index (χ1) is 8.72. The van der Waals surface area contributed by atoms with Gasteiger partial charge in [0.2, 0.25) is 0 Å². The second kappa shape index (κ2) is 5.14. The van der Waals surface area contributed by atoms with E-state index in [-0.39, 0.29) is 0 Å². The van der Waals surface area contributed by atoms with Gasteiger partial charge >= 0.3 is 0 Å². The lowest BCUT2D eigenvalue weighted by Crippen LogP contribution is -2.19. The minimum Gasteiger partial charge on any atom is -0.268 e. The van der Waals surface area contributed by atoms with Crippen LogP contribution in [0.3, 0.4) is 0 Å². The average molecular weight is 358 g/mol. The first-order valence-electron chi connectivity index (χ1n) is 7.46. The molecule has 2 bridgehead atoms. The largest absolute Gasteiger partial charge is 0.268 e.